The number of aromatic hydroxyl groups is 2. The third-order valence-corrected chi connectivity index (χ3v) is 2.09. The van der Waals surface area contributed by atoms with Crippen LogP contribution in [-0.4, -0.2) is 16.4 Å². The molecule has 0 heterocycles. The monoisotopic (exact) mass is 246 g/mol. The van der Waals surface area contributed by atoms with Gasteiger partial charge < -0.3 is 19.7 Å². The van der Waals surface area contributed by atoms with Crippen LogP contribution >= 0.6 is 0 Å². The Bertz CT molecular complexity index is 551. The van der Waals surface area contributed by atoms with Gasteiger partial charge in [0, 0.05) is 6.07 Å². The van der Waals surface area contributed by atoms with E-state index in [2.05, 4.69) is 0 Å². The highest BCUT2D eigenvalue weighted by atomic mass is 16.7. The number of carbonyl (C=O) groups excluding carboxylic acids is 1. The maximum absolute atomic E-state index is 11.4. The van der Waals surface area contributed by atoms with Crippen LogP contribution in [0.5, 0.6) is 23.0 Å². The van der Waals surface area contributed by atoms with Gasteiger partial charge >= 0.3 is 6.16 Å². The molecular weight excluding hydrogens is 236 g/mol. The Morgan fingerprint density at radius 2 is 1.50 bits per heavy atom. The number of carbonyl (C=O) groups is 1. The van der Waals surface area contributed by atoms with Gasteiger partial charge in [-0.3, -0.25) is 0 Å². The molecule has 92 valence electrons. The van der Waals surface area contributed by atoms with Gasteiger partial charge in [-0.1, -0.05) is 18.2 Å². The van der Waals surface area contributed by atoms with Gasteiger partial charge in [0.2, 0.25) is 0 Å². The van der Waals surface area contributed by atoms with E-state index in [0.29, 0.717) is 5.75 Å². The second kappa shape index (κ2) is 5.09. The lowest BCUT2D eigenvalue weighted by Gasteiger charge is -2.06. The van der Waals surface area contributed by atoms with Gasteiger partial charge in [-0.25, -0.2) is 4.79 Å². The molecule has 0 fully saturated rings. The van der Waals surface area contributed by atoms with E-state index < -0.39 is 6.16 Å². The summed E-state index contributed by atoms with van der Waals surface area (Å²) in [7, 11) is 0. The molecule has 0 aromatic heterocycles. The van der Waals surface area contributed by atoms with E-state index in [9.17, 15) is 9.90 Å². The largest absolute Gasteiger partial charge is 0.519 e. The first-order valence-corrected chi connectivity index (χ1v) is 5.12. The molecule has 18 heavy (non-hydrogen) atoms. The van der Waals surface area contributed by atoms with Gasteiger partial charge in [-0.2, -0.15) is 0 Å². The number of phenols is 2. The fourth-order valence-corrected chi connectivity index (χ4v) is 1.27. The smallest absolute Gasteiger partial charge is 0.504 e. The van der Waals surface area contributed by atoms with E-state index in [0.717, 1.165) is 6.07 Å². The topological polar surface area (TPSA) is 76.0 Å². The highest BCUT2D eigenvalue weighted by Gasteiger charge is 2.09. The molecule has 0 amide bonds. The maximum atomic E-state index is 11.4. The average Bonchev–Trinajstić information content (AvgIpc) is 2.35. The zero-order chi connectivity index (χ0) is 13.0. The highest BCUT2D eigenvalue weighted by molar-refractivity contribution is 5.67. The fraction of sp³-hybridized carbons (Fsp3) is 0. The summed E-state index contributed by atoms with van der Waals surface area (Å²) in [5, 5.41) is 18.3. The summed E-state index contributed by atoms with van der Waals surface area (Å²) in [6, 6.07) is 12.1. The zero-order valence-corrected chi connectivity index (χ0v) is 9.24. The Kier molecular flexibility index (Phi) is 3.33. The molecule has 0 aliphatic carbocycles. The summed E-state index contributed by atoms with van der Waals surface area (Å²) in [6.45, 7) is 0. The van der Waals surface area contributed by atoms with Crippen LogP contribution < -0.4 is 9.47 Å². The predicted octanol–water partition coefficient (Wildman–Crippen LogP) is 2.68. The number of ether oxygens (including phenoxy) is 2. The maximum Gasteiger partial charge on any atom is 0.519 e. The first-order valence-electron chi connectivity index (χ1n) is 5.12. The number of rotatable bonds is 2. The second-order valence-corrected chi connectivity index (χ2v) is 3.42. The van der Waals surface area contributed by atoms with Crippen LogP contribution in [0, 0.1) is 0 Å². The quantitative estimate of drug-likeness (QED) is 0.484. The summed E-state index contributed by atoms with van der Waals surface area (Å²) in [4.78, 5) is 11.4. The molecule has 2 aromatic carbocycles. The van der Waals surface area contributed by atoms with E-state index in [1.54, 1.807) is 30.3 Å². The average molecular weight is 246 g/mol. The first kappa shape index (κ1) is 11.8. The van der Waals surface area contributed by atoms with Crippen molar-refractivity contribution in [3.8, 4) is 23.0 Å². The van der Waals surface area contributed by atoms with Crippen LogP contribution in [0.4, 0.5) is 4.79 Å². The Hall–Kier alpha value is -2.69. The Morgan fingerprint density at radius 1 is 0.833 bits per heavy atom. The molecule has 0 aliphatic rings. The van der Waals surface area contributed by atoms with Gasteiger partial charge in [0.15, 0.2) is 11.5 Å². The molecule has 2 aromatic rings. The molecule has 0 aliphatic heterocycles. The van der Waals surface area contributed by atoms with Crippen molar-refractivity contribution in [3.63, 3.8) is 0 Å². The van der Waals surface area contributed by atoms with Crippen molar-refractivity contribution in [2.75, 3.05) is 0 Å². The van der Waals surface area contributed by atoms with E-state index in [1.807, 2.05) is 0 Å². The molecule has 0 bridgehead atoms. The third-order valence-electron chi connectivity index (χ3n) is 2.09. The molecule has 0 unspecified atom stereocenters. The number of benzene rings is 2. The minimum absolute atomic E-state index is 0.0752. The zero-order valence-electron chi connectivity index (χ0n) is 9.24. The standard InChI is InChI=1S/C13H10O5/c14-11-7-6-10(8-12(11)15)18-13(16)17-9-4-2-1-3-5-9/h1-8,14-15H. The van der Waals surface area contributed by atoms with Gasteiger partial charge in [-0.05, 0) is 24.3 Å². The van der Waals surface area contributed by atoms with Crippen LogP contribution in [-0.2, 0) is 0 Å². The van der Waals surface area contributed by atoms with Crippen LogP contribution in [0.1, 0.15) is 0 Å². The Balaban J connectivity index is 2.01. The minimum atomic E-state index is -0.925. The summed E-state index contributed by atoms with van der Waals surface area (Å²) >= 11 is 0. The molecule has 0 saturated heterocycles. The fourth-order valence-electron chi connectivity index (χ4n) is 1.27. The van der Waals surface area contributed by atoms with Crippen molar-refractivity contribution in [2.45, 2.75) is 0 Å². The van der Waals surface area contributed by atoms with Crippen LogP contribution in [0.25, 0.3) is 0 Å². The van der Waals surface area contributed by atoms with Crippen molar-refractivity contribution in [1.82, 2.24) is 0 Å². The van der Waals surface area contributed by atoms with Gasteiger partial charge in [0.25, 0.3) is 0 Å². The third kappa shape index (κ3) is 2.91. The van der Waals surface area contributed by atoms with Crippen molar-refractivity contribution < 1.29 is 24.5 Å². The van der Waals surface area contributed by atoms with Crippen LogP contribution in [0.2, 0.25) is 0 Å². The number of phenolic OH excluding ortho intramolecular Hbond substituents is 2. The molecule has 2 N–H and O–H groups in total. The van der Waals surface area contributed by atoms with Gasteiger partial charge in [0.1, 0.15) is 11.5 Å². The molecule has 0 saturated carbocycles. The summed E-state index contributed by atoms with van der Waals surface area (Å²) in [6.07, 6.45) is -0.925. The molecule has 0 spiro atoms. The van der Waals surface area contributed by atoms with Gasteiger partial charge in [-0.15, -0.1) is 0 Å². The number of hydrogen-bond acceptors (Lipinski definition) is 5. The van der Waals surface area contributed by atoms with Crippen LogP contribution in [0.3, 0.4) is 0 Å². The van der Waals surface area contributed by atoms with E-state index in [1.165, 1.54) is 12.1 Å². The van der Waals surface area contributed by atoms with E-state index in [4.69, 9.17) is 14.6 Å². The summed E-state index contributed by atoms with van der Waals surface area (Å²) < 4.78 is 9.70. The summed E-state index contributed by atoms with van der Waals surface area (Å²) in [5.41, 5.74) is 0. The van der Waals surface area contributed by atoms with Crippen molar-refractivity contribution in [2.24, 2.45) is 0 Å². The van der Waals surface area contributed by atoms with Crippen molar-refractivity contribution >= 4 is 6.16 Å². The lowest BCUT2D eigenvalue weighted by Crippen LogP contribution is -2.13. The van der Waals surface area contributed by atoms with Crippen molar-refractivity contribution in [1.29, 1.82) is 0 Å². The predicted molar refractivity (Wildman–Crippen MR) is 62.9 cm³/mol. The highest BCUT2D eigenvalue weighted by Crippen LogP contribution is 2.28. The molecule has 0 atom stereocenters. The second-order valence-electron chi connectivity index (χ2n) is 3.42. The number of hydrogen-bond donors (Lipinski definition) is 2. The van der Waals surface area contributed by atoms with E-state index >= 15 is 0 Å². The minimum Gasteiger partial charge on any atom is -0.504 e. The van der Waals surface area contributed by atoms with Gasteiger partial charge in [0.05, 0.1) is 0 Å². The molecule has 2 rings (SSSR count). The number of para-hydroxylation sites is 1. The summed E-state index contributed by atoms with van der Waals surface area (Å²) in [5.74, 6) is -0.240. The first-order chi connectivity index (χ1) is 8.65. The molecule has 5 nitrogen and oxygen atoms in total. The molecule has 5 heteroatoms. The Labute approximate surface area is 103 Å². The van der Waals surface area contributed by atoms with Crippen molar-refractivity contribution in [3.05, 3.63) is 48.5 Å². The van der Waals surface area contributed by atoms with E-state index in [-0.39, 0.29) is 17.2 Å². The SMILES string of the molecule is O=C(Oc1ccccc1)Oc1ccc(O)c(O)c1. The lowest BCUT2D eigenvalue weighted by molar-refractivity contribution is 0.151. The molecular formula is C13H10O5. The normalized spacial score (nSPS) is 9.78. The lowest BCUT2D eigenvalue weighted by atomic mass is 10.3. The molecule has 0 radical (unpaired) electrons. The Morgan fingerprint density at radius 3 is 2.17 bits per heavy atom. The van der Waals surface area contributed by atoms with Crippen LogP contribution in [0.15, 0.2) is 48.5 Å².